The van der Waals surface area contributed by atoms with Crippen molar-refractivity contribution in [3.05, 3.63) is 6.42 Å². The van der Waals surface area contributed by atoms with Crippen molar-refractivity contribution in [1.82, 2.24) is 5.32 Å². The van der Waals surface area contributed by atoms with Crippen molar-refractivity contribution in [2.24, 2.45) is 5.92 Å². The summed E-state index contributed by atoms with van der Waals surface area (Å²) in [6.07, 6.45) is 9.40. The Bertz CT molecular complexity index is 103. The first-order valence-corrected chi connectivity index (χ1v) is 4.50. The number of nitrogens with one attached hydrogen (secondary N) is 1. The highest BCUT2D eigenvalue weighted by Crippen LogP contribution is 2.31. The van der Waals surface area contributed by atoms with Gasteiger partial charge >= 0.3 is 0 Å². The fourth-order valence-corrected chi connectivity index (χ4v) is 1.40. The Morgan fingerprint density at radius 3 is 2.60 bits per heavy atom. The zero-order valence-electron chi connectivity index (χ0n) is 6.47. The van der Waals surface area contributed by atoms with Gasteiger partial charge < -0.3 is 5.32 Å². The summed E-state index contributed by atoms with van der Waals surface area (Å²) in [7, 11) is 0. The molecule has 0 bridgehead atoms. The van der Waals surface area contributed by atoms with Gasteiger partial charge in [-0.2, -0.15) is 0 Å². The Labute approximate surface area is 63.2 Å². The molecular weight excluding hydrogens is 122 g/mol. The van der Waals surface area contributed by atoms with Crippen molar-refractivity contribution in [1.29, 1.82) is 0 Å². The van der Waals surface area contributed by atoms with E-state index in [1.54, 1.807) is 0 Å². The number of hydrogen-bond acceptors (Lipinski definition) is 1. The maximum absolute atomic E-state index is 3.56. The molecule has 0 atom stereocenters. The van der Waals surface area contributed by atoms with Crippen LogP contribution in [0.3, 0.4) is 0 Å². The molecular formula is C9H16N. The molecule has 0 amide bonds. The Morgan fingerprint density at radius 1 is 1.30 bits per heavy atom. The predicted molar refractivity (Wildman–Crippen MR) is 42.7 cm³/mol. The molecule has 2 aliphatic carbocycles. The highest BCUT2D eigenvalue weighted by molar-refractivity contribution is 4.90. The zero-order valence-corrected chi connectivity index (χ0v) is 6.47. The second-order valence-corrected chi connectivity index (χ2v) is 3.64. The van der Waals surface area contributed by atoms with Crippen molar-refractivity contribution in [3.63, 3.8) is 0 Å². The molecule has 1 heteroatoms. The molecule has 0 aromatic carbocycles. The minimum Gasteiger partial charge on any atom is -0.314 e. The molecule has 2 fully saturated rings. The van der Waals surface area contributed by atoms with Crippen LogP contribution in [-0.4, -0.2) is 12.6 Å². The summed E-state index contributed by atoms with van der Waals surface area (Å²) in [4.78, 5) is 0. The van der Waals surface area contributed by atoms with E-state index in [2.05, 4.69) is 11.7 Å². The second-order valence-electron chi connectivity index (χ2n) is 3.64. The van der Waals surface area contributed by atoms with Gasteiger partial charge in [-0.15, -0.1) is 0 Å². The van der Waals surface area contributed by atoms with Crippen LogP contribution in [0.1, 0.15) is 32.1 Å². The van der Waals surface area contributed by atoms with Gasteiger partial charge in [0.1, 0.15) is 0 Å². The van der Waals surface area contributed by atoms with Gasteiger partial charge in [-0.25, -0.2) is 0 Å². The summed E-state index contributed by atoms with van der Waals surface area (Å²) >= 11 is 0. The smallest absolute Gasteiger partial charge is 0.00725 e. The van der Waals surface area contributed by atoms with Gasteiger partial charge in [0.15, 0.2) is 0 Å². The lowest BCUT2D eigenvalue weighted by atomic mass is 9.93. The van der Waals surface area contributed by atoms with Crippen molar-refractivity contribution in [2.75, 3.05) is 6.54 Å². The summed E-state index contributed by atoms with van der Waals surface area (Å²) < 4.78 is 0. The molecule has 2 rings (SSSR count). The second kappa shape index (κ2) is 2.91. The van der Waals surface area contributed by atoms with Crippen LogP contribution in [-0.2, 0) is 0 Å². The Kier molecular flexibility index (Phi) is 1.94. The fraction of sp³-hybridized carbons (Fsp3) is 0.889. The standard InChI is InChI=1S/C9H16N/c1-2-9(3-1)10-7-6-8-4-5-8/h1,8-10H,2-7H2. The largest absolute Gasteiger partial charge is 0.314 e. The quantitative estimate of drug-likeness (QED) is 0.624. The molecule has 2 saturated carbocycles. The third-order valence-electron chi connectivity index (χ3n) is 2.58. The molecule has 10 heavy (non-hydrogen) atoms. The lowest BCUT2D eigenvalue weighted by Crippen LogP contribution is -2.36. The molecule has 0 spiro atoms. The Balaban J connectivity index is 1.46. The third-order valence-corrected chi connectivity index (χ3v) is 2.58. The molecule has 0 aromatic rings. The van der Waals surface area contributed by atoms with Crippen LogP contribution < -0.4 is 5.32 Å². The van der Waals surface area contributed by atoms with Crippen LogP contribution in [0.25, 0.3) is 0 Å². The van der Waals surface area contributed by atoms with Crippen LogP contribution in [0.4, 0.5) is 0 Å². The Hall–Kier alpha value is -0.0400. The fourth-order valence-electron chi connectivity index (χ4n) is 1.40. The van der Waals surface area contributed by atoms with E-state index in [1.807, 2.05) is 0 Å². The van der Waals surface area contributed by atoms with E-state index in [0.29, 0.717) is 0 Å². The van der Waals surface area contributed by atoms with Crippen molar-refractivity contribution >= 4 is 0 Å². The van der Waals surface area contributed by atoms with Gasteiger partial charge in [-0.05, 0) is 38.1 Å². The summed E-state index contributed by atoms with van der Waals surface area (Å²) in [6, 6.07) is 0.846. The van der Waals surface area contributed by atoms with Crippen molar-refractivity contribution in [2.45, 2.75) is 38.1 Å². The molecule has 2 aliphatic rings. The van der Waals surface area contributed by atoms with Gasteiger partial charge in [0, 0.05) is 6.04 Å². The normalized spacial score (nSPS) is 26.4. The SMILES string of the molecule is [CH]1CC(NCCC2CC2)C1. The minimum atomic E-state index is 0.846. The van der Waals surface area contributed by atoms with Gasteiger partial charge in [0.2, 0.25) is 0 Å². The average Bonchev–Trinajstić information content (AvgIpc) is 2.58. The summed E-state index contributed by atoms with van der Waals surface area (Å²) in [5.74, 6) is 1.09. The molecule has 0 unspecified atom stereocenters. The van der Waals surface area contributed by atoms with E-state index in [1.165, 1.54) is 38.6 Å². The maximum Gasteiger partial charge on any atom is 0.00725 e. The minimum absolute atomic E-state index is 0.846. The van der Waals surface area contributed by atoms with E-state index in [4.69, 9.17) is 0 Å². The predicted octanol–water partition coefficient (Wildman–Crippen LogP) is 1.74. The summed E-state index contributed by atoms with van der Waals surface area (Å²) in [6.45, 7) is 1.27. The Morgan fingerprint density at radius 2 is 2.10 bits per heavy atom. The monoisotopic (exact) mass is 138 g/mol. The molecule has 0 heterocycles. The molecule has 57 valence electrons. The highest BCUT2D eigenvalue weighted by Gasteiger charge is 2.22. The van der Waals surface area contributed by atoms with E-state index in [0.717, 1.165) is 12.0 Å². The molecule has 0 saturated heterocycles. The summed E-state index contributed by atoms with van der Waals surface area (Å²) in [5, 5.41) is 3.56. The number of hydrogen-bond donors (Lipinski definition) is 1. The molecule has 0 aromatic heterocycles. The molecule has 1 N–H and O–H groups in total. The van der Waals surface area contributed by atoms with Crippen LogP contribution >= 0.6 is 0 Å². The maximum atomic E-state index is 3.56. The van der Waals surface area contributed by atoms with E-state index < -0.39 is 0 Å². The first-order chi connectivity index (χ1) is 4.95. The van der Waals surface area contributed by atoms with Crippen molar-refractivity contribution < 1.29 is 0 Å². The van der Waals surface area contributed by atoms with Crippen LogP contribution in [0.2, 0.25) is 0 Å². The van der Waals surface area contributed by atoms with Gasteiger partial charge in [-0.3, -0.25) is 0 Å². The van der Waals surface area contributed by atoms with E-state index >= 15 is 0 Å². The highest BCUT2D eigenvalue weighted by atomic mass is 14.9. The van der Waals surface area contributed by atoms with Gasteiger partial charge in [0.05, 0.1) is 0 Å². The zero-order chi connectivity index (χ0) is 6.81. The topological polar surface area (TPSA) is 12.0 Å². The lowest BCUT2D eigenvalue weighted by Gasteiger charge is -2.26. The number of rotatable bonds is 4. The third kappa shape index (κ3) is 1.72. The molecule has 1 radical (unpaired) electrons. The van der Waals surface area contributed by atoms with Crippen LogP contribution in [0.15, 0.2) is 0 Å². The van der Waals surface area contributed by atoms with Crippen LogP contribution in [0, 0.1) is 12.3 Å². The summed E-state index contributed by atoms with van der Waals surface area (Å²) in [5.41, 5.74) is 0. The first-order valence-electron chi connectivity index (χ1n) is 4.50. The van der Waals surface area contributed by atoms with Crippen molar-refractivity contribution in [3.8, 4) is 0 Å². The van der Waals surface area contributed by atoms with E-state index in [9.17, 15) is 0 Å². The van der Waals surface area contributed by atoms with E-state index in [-0.39, 0.29) is 0 Å². The van der Waals surface area contributed by atoms with Crippen LogP contribution in [0.5, 0.6) is 0 Å². The lowest BCUT2D eigenvalue weighted by molar-refractivity contribution is 0.412. The molecule has 0 aliphatic heterocycles. The average molecular weight is 138 g/mol. The first kappa shape index (κ1) is 6.66. The van der Waals surface area contributed by atoms with Gasteiger partial charge in [0.25, 0.3) is 0 Å². The van der Waals surface area contributed by atoms with Gasteiger partial charge in [-0.1, -0.05) is 12.8 Å². The molecule has 1 nitrogen and oxygen atoms in total.